The first-order chi connectivity index (χ1) is 9.24. The van der Waals surface area contributed by atoms with Crippen molar-refractivity contribution >= 4 is 27.3 Å². The van der Waals surface area contributed by atoms with E-state index in [4.69, 9.17) is 5.73 Å². The molecule has 1 aliphatic carbocycles. The molecule has 0 aliphatic heterocycles. The van der Waals surface area contributed by atoms with Gasteiger partial charge in [0.05, 0.1) is 17.4 Å². The Morgan fingerprint density at radius 1 is 1.11 bits per heavy atom. The lowest BCUT2D eigenvalue weighted by Crippen LogP contribution is -2.13. The van der Waals surface area contributed by atoms with Crippen molar-refractivity contribution in [1.82, 2.24) is 0 Å². The molecule has 2 nitrogen and oxygen atoms in total. The van der Waals surface area contributed by atoms with Crippen LogP contribution in [0, 0.1) is 5.92 Å². The maximum Gasteiger partial charge on any atom is 0.0590 e. The van der Waals surface area contributed by atoms with Gasteiger partial charge in [0.15, 0.2) is 0 Å². The first kappa shape index (κ1) is 12.5. The van der Waals surface area contributed by atoms with Crippen molar-refractivity contribution in [2.45, 2.75) is 18.9 Å². The van der Waals surface area contributed by atoms with Crippen molar-refractivity contribution in [3.8, 4) is 0 Å². The van der Waals surface area contributed by atoms with Crippen LogP contribution in [0.15, 0.2) is 53.0 Å². The molecular weight excluding hydrogens is 300 g/mol. The molecule has 2 aromatic rings. The van der Waals surface area contributed by atoms with Crippen molar-refractivity contribution in [1.29, 1.82) is 0 Å². The van der Waals surface area contributed by atoms with Gasteiger partial charge in [-0.25, -0.2) is 0 Å². The number of rotatable bonds is 4. The number of nitrogens with two attached hydrogens (primary N) is 1. The molecule has 98 valence electrons. The molecule has 1 unspecified atom stereocenters. The van der Waals surface area contributed by atoms with E-state index in [0.29, 0.717) is 6.04 Å². The third-order valence-electron chi connectivity index (χ3n) is 3.58. The van der Waals surface area contributed by atoms with Crippen molar-refractivity contribution < 1.29 is 0 Å². The van der Waals surface area contributed by atoms with Gasteiger partial charge in [0.25, 0.3) is 0 Å². The Kier molecular flexibility index (Phi) is 3.47. The van der Waals surface area contributed by atoms with E-state index in [1.807, 2.05) is 18.2 Å². The van der Waals surface area contributed by atoms with E-state index in [2.05, 4.69) is 51.6 Å². The number of nitrogens with one attached hydrogen (secondary N) is 1. The first-order valence-corrected chi connectivity index (χ1v) is 7.40. The molecule has 0 saturated heterocycles. The highest BCUT2D eigenvalue weighted by Gasteiger charge is 2.32. The minimum atomic E-state index is 0.359. The highest BCUT2D eigenvalue weighted by atomic mass is 79.9. The van der Waals surface area contributed by atoms with Gasteiger partial charge in [-0.1, -0.05) is 46.3 Å². The summed E-state index contributed by atoms with van der Waals surface area (Å²) in [6.45, 7) is 0. The zero-order valence-electron chi connectivity index (χ0n) is 10.6. The smallest absolute Gasteiger partial charge is 0.0590 e. The zero-order chi connectivity index (χ0) is 13.2. The van der Waals surface area contributed by atoms with Crippen molar-refractivity contribution in [2.24, 2.45) is 5.92 Å². The average Bonchev–Trinajstić information content (AvgIpc) is 3.25. The van der Waals surface area contributed by atoms with Crippen LogP contribution < -0.4 is 11.1 Å². The SMILES string of the molecule is Nc1ccc(Br)cc1NC(c1ccccc1)C1CC1. The van der Waals surface area contributed by atoms with Crippen LogP contribution in [0.4, 0.5) is 11.4 Å². The number of anilines is 2. The second-order valence-electron chi connectivity index (χ2n) is 5.10. The van der Waals surface area contributed by atoms with Gasteiger partial charge in [0, 0.05) is 4.47 Å². The second-order valence-corrected chi connectivity index (χ2v) is 6.02. The predicted molar refractivity (Wildman–Crippen MR) is 84.1 cm³/mol. The van der Waals surface area contributed by atoms with Gasteiger partial charge in [-0.15, -0.1) is 0 Å². The van der Waals surface area contributed by atoms with Gasteiger partial charge in [0.2, 0.25) is 0 Å². The van der Waals surface area contributed by atoms with Crippen molar-refractivity contribution in [2.75, 3.05) is 11.1 Å². The van der Waals surface area contributed by atoms with E-state index < -0.39 is 0 Å². The van der Waals surface area contributed by atoms with E-state index in [1.165, 1.54) is 18.4 Å². The molecule has 1 aliphatic rings. The van der Waals surface area contributed by atoms with Crippen molar-refractivity contribution in [3.63, 3.8) is 0 Å². The van der Waals surface area contributed by atoms with Gasteiger partial charge in [-0.05, 0) is 42.5 Å². The van der Waals surface area contributed by atoms with Crippen LogP contribution in [0.3, 0.4) is 0 Å². The lowest BCUT2D eigenvalue weighted by molar-refractivity contribution is 0.679. The minimum Gasteiger partial charge on any atom is -0.397 e. The molecule has 3 rings (SSSR count). The summed E-state index contributed by atoms with van der Waals surface area (Å²) in [5.74, 6) is 0.723. The molecular formula is C16H17BrN2. The molecule has 0 amide bonds. The fraction of sp³-hybridized carbons (Fsp3) is 0.250. The Hall–Kier alpha value is -1.48. The van der Waals surface area contributed by atoms with Gasteiger partial charge in [-0.2, -0.15) is 0 Å². The van der Waals surface area contributed by atoms with Crippen molar-refractivity contribution in [3.05, 3.63) is 58.6 Å². The van der Waals surface area contributed by atoms with Crippen LogP contribution in [0.25, 0.3) is 0 Å². The fourth-order valence-corrected chi connectivity index (χ4v) is 2.75. The Bertz CT molecular complexity index is 564. The third kappa shape index (κ3) is 2.92. The monoisotopic (exact) mass is 316 g/mol. The summed E-state index contributed by atoms with van der Waals surface area (Å²) < 4.78 is 1.05. The average molecular weight is 317 g/mol. The van der Waals surface area contributed by atoms with Crippen LogP contribution >= 0.6 is 15.9 Å². The summed E-state index contributed by atoms with van der Waals surface area (Å²) in [5, 5.41) is 3.61. The quantitative estimate of drug-likeness (QED) is 0.809. The molecule has 0 spiro atoms. The molecule has 0 bridgehead atoms. The zero-order valence-corrected chi connectivity index (χ0v) is 12.2. The summed E-state index contributed by atoms with van der Waals surface area (Å²) in [6.07, 6.45) is 2.58. The predicted octanol–water partition coefficient (Wildman–Crippen LogP) is 4.59. The molecule has 1 atom stereocenters. The molecule has 0 heterocycles. The van der Waals surface area contributed by atoms with Crippen LogP contribution in [0.5, 0.6) is 0 Å². The Morgan fingerprint density at radius 2 is 1.84 bits per heavy atom. The van der Waals surface area contributed by atoms with Gasteiger partial charge >= 0.3 is 0 Å². The van der Waals surface area contributed by atoms with Gasteiger partial charge < -0.3 is 11.1 Å². The number of halogens is 1. The van der Waals surface area contributed by atoms with E-state index in [1.54, 1.807) is 0 Å². The topological polar surface area (TPSA) is 38.0 Å². The van der Waals surface area contributed by atoms with E-state index >= 15 is 0 Å². The third-order valence-corrected chi connectivity index (χ3v) is 4.07. The Morgan fingerprint density at radius 3 is 2.53 bits per heavy atom. The Balaban J connectivity index is 1.88. The molecule has 1 fully saturated rings. The van der Waals surface area contributed by atoms with E-state index in [-0.39, 0.29) is 0 Å². The fourth-order valence-electron chi connectivity index (χ4n) is 2.38. The highest BCUT2D eigenvalue weighted by molar-refractivity contribution is 9.10. The van der Waals surface area contributed by atoms with Crippen LogP contribution in [0.2, 0.25) is 0 Å². The maximum atomic E-state index is 6.05. The lowest BCUT2D eigenvalue weighted by Gasteiger charge is -2.21. The van der Waals surface area contributed by atoms with Gasteiger partial charge in [0.1, 0.15) is 0 Å². The summed E-state index contributed by atoms with van der Waals surface area (Å²) in [4.78, 5) is 0. The number of hydrogen-bond acceptors (Lipinski definition) is 2. The van der Waals surface area contributed by atoms with Crippen LogP contribution in [0.1, 0.15) is 24.4 Å². The number of benzene rings is 2. The van der Waals surface area contributed by atoms with Crippen LogP contribution in [-0.4, -0.2) is 0 Å². The largest absolute Gasteiger partial charge is 0.397 e. The molecule has 0 aromatic heterocycles. The molecule has 2 aromatic carbocycles. The normalized spacial score (nSPS) is 16.1. The maximum absolute atomic E-state index is 6.05. The van der Waals surface area contributed by atoms with Crippen LogP contribution in [-0.2, 0) is 0 Å². The molecule has 3 heteroatoms. The lowest BCUT2D eigenvalue weighted by atomic mass is 10.0. The standard InChI is InChI=1S/C16H17BrN2/c17-13-8-9-14(18)15(10-13)19-16(12-6-7-12)11-4-2-1-3-5-11/h1-5,8-10,12,16,19H,6-7,18H2. The second kappa shape index (κ2) is 5.25. The van der Waals surface area contributed by atoms with E-state index in [0.717, 1.165) is 21.8 Å². The first-order valence-electron chi connectivity index (χ1n) is 6.60. The molecule has 0 radical (unpaired) electrons. The molecule has 3 N–H and O–H groups in total. The van der Waals surface area contributed by atoms with Gasteiger partial charge in [-0.3, -0.25) is 0 Å². The molecule has 19 heavy (non-hydrogen) atoms. The number of nitrogen functional groups attached to an aromatic ring is 1. The summed E-state index contributed by atoms with van der Waals surface area (Å²) in [7, 11) is 0. The summed E-state index contributed by atoms with van der Waals surface area (Å²) in [5.41, 5.74) is 9.20. The van der Waals surface area contributed by atoms with E-state index in [9.17, 15) is 0 Å². The Labute approximate surface area is 122 Å². The number of hydrogen-bond donors (Lipinski definition) is 2. The summed E-state index contributed by atoms with van der Waals surface area (Å²) in [6, 6.07) is 16.9. The molecule has 1 saturated carbocycles. The summed E-state index contributed by atoms with van der Waals surface area (Å²) >= 11 is 3.50. The highest BCUT2D eigenvalue weighted by Crippen LogP contribution is 2.43. The minimum absolute atomic E-state index is 0.359.